The minimum Gasteiger partial charge on any atom is -0.619 e. The highest BCUT2D eigenvalue weighted by Crippen LogP contribution is 2.34. The molecule has 0 aliphatic heterocycles. The molecule has 0 radical (unpaired) electrons. The van der Waals surface area contributed by atoms with Gasteiger partial charge in [-0.15, -0.1) is 22.7 Å². The quantitative estimate of drug-likeness (QED) is 0.323. The Kier molecular flexibility index (Phi) is 4.46. The number of thiophene rings is 2. The number of H-pyrrole nitrogens is 1. The van der Waals surface area contributed by atoms with E-state index in [0.29, 0.717) is 14.9 Å². The van der Waals surface area contributed by atoms with Crippen LogP contribution in [-0.4, -0.2) is 15.9 Å². The largest absolute Gasteiger partial charge is 0.619 e. The van der Waals surface area contributed by atoms with Gasteiger partial charge < -0.3 is 14.9 Å². The van der Waals surface area contributed by atoms with Gasteiger partial charge in [0.2, 0.25) is 0 Å². The number of ether oxygens (including phenoxy) is 1. The van der Waals surface area contributed by atoms with Crippen LogP contribution in [0.5, 0.6) is 0 Å². The topological polar surface area (TPSA) is 99.0 Å². The summed E-state index contributed by atoms with van der Waals surface area (Å²) in [6.07, 6.45) is 2.42. The summed E-state index contributed by atoms with van der Waals surface area (Å²) in [4.78, 5) is 34.4. The van der Waals surface area contributed by atoms with E-state index in [9.17, 15) is 14.8 Å². The van der Waals surface area contributed by atoms with E-state index in [4.69, 9.17) is 4.74 Å². The number of hydrogen-bond donors (Lipinski definition) is 1. The molecule has 4 heterocycles. The van der Waals surface area contributed by atoms with Gasteiger partial charge >= 0.3 is 5.97 Å². The molecule has 4 aromatic rings. The summed E-state index contributed by atoms with van der Waals surface area (Å²) in [6, 6.07) is 6.73. The molecule has 0 aliphatic rings. The number of carbonyl (C=O) groups is 1. The van der Waals surface area contributed by atoms with Crippen molar-refractivity contribution in [2.45, 2.75) is 13.5 Å². The molecule has 136 valence electrons. The molecule has 4 rings (SSSR count). The Morgan fingerprint density at radius 3 is 2.78 bits per heavy atom. The Balaban J connectivity index is 1.58. The van der Waals surface area contributed by atoms with E-state index in [2.05, 4.69) is 9.97 Å². The van der Waals surface area contributed by atoms with Crippen LogP contribution in [-0.2, 0) is 11.3 Å². The number of aryl methyl sites for hydroxylation is 1. The van der Waals surface area contributed by atoms with Crippen LogP contribution in [0.15, 0.2) is 46.8 Å². The fourth-order valence-electron chi connectivity index (χ4n) is 2.59. The standard InChI is InChI=1S/C18H13N3O4S2/c1-10-2-3-13(27-10)12-9-26-17-15(12)16(22)19-14(20-17)8-25-18(23)11-4-6-21(24)7-5-11/h2-7,9H,8H2,1H3,(H,19,20,22). The summed E-state index contributed by atoms with van der Waals surface area (Å²) in [5.74, 6) is -0.328. The molecule has 0 bridgehead atoms. The number of esters is 1. The summed E-state index contributed by atoms with van der Waals surface area (Å²) >= 11 is 2.99. The molecule has 0 atom stereocenters. The van der Waals surface area contributed by atoms with Crippen LogP contribution in [0.4, 0.5) is 0 Å². The minimum atomic E-state index is -0.598. The number of hydrogen-bond acceptors (Lipinski definition) is 7. The molecule has 0 amide bonds. The average Bonchev–Trinajstić information content (AvgIpc) is 3.26. The fourth-order valence-corrected chi connectivity index (χ4v) is 4.51. The molecular weight excluding hydrogens is 386 g/mol. The van der Waals surface area contributed by atoms with Crippen LogP contribution < -0.4 is 10.3 Å². The Labute approximate surface area is 161 Å². The molecule has 0 saturated carbocycles. The lowest BCUT2D eigenvalue weighted by Gasteiger charge is -2.04. The van der Waals surface area contributed by atoms with Crippen LogP contribution in [0, 0.1) is 12.1 Å². The highest BCUT2D eigenvalue weighted by atomic mass is 32.1. The maximum absolute atomic E-state index is 12.6. The molecule has 4 aromatic heterocycles. The molecule has 9 heteroatoms. The van der Waals surface area contributed by atoms with E-state index < -0.39 is 5.97 Å². The molecule has 0 spiro atoms. The van der Waals surface area contributed by atoms with Crippen LogP contribution in [0.2, 0.25) is 0 Å². The molecular formula is C18H13N3O4S2. The van der Waals surface area contributed by atoms with Gasteiger partial charge in [-0.1, -0.05) is 0 Å². The first-order valence-electron chi connectivity index (χ1n) is 7.94. The number of fused-ring (bicyclic) bond motifs is 1. The summed E-state index contributed by atoms with van der Waals surface area (Å²) < 4.78 is 5.75. The van der Waals surface area contributed by atoms with E-state index in [0.717, 1.165) is 10.4 Å². The predicted molar refractivity (Wildman–Crippen MR) is 103 cm³/mol. The zero-order valence-corrected chi connectivity index (χ0v) is 15.7. The fraction of sp³-hybridized carbons (Fsp3) is 0.111. The predicted octanol–water partition coefficient (Wildman–Crippen LogP) is 3.01. The highest BCUT2D eigenvalue weighted by Gasteiger charge is 2.15. The lowest BCUT2D eigenvalue weighted by Crippen LogP contribution is -2.24. The van der Waals surface area contributed by atoms with Gasteiger partial charge in [0.05, 0.1) is 10.9 Å². The Morgan fingerprint density at radius 2 is 2.07 bits per heavy atom. The first kappa shape index (κ1) is 17.4. The average molecular weight is 399 g/mol. The van der Waals surface area contributed by atoms with Crippen molar-refractivity contribution < 1.29 is 14.3 Å². The van der Waals surface area contributed by atoms with Gasteiger partial charge in [0.25, 0.3) is 5.56 Å². The maximum Gasteiger partial charge on any atom is 0.339 e. The molecule has 27 heavy (non-hydrogen) atoms. The van der Waals surface area contributed by atoms with Crippen molar-refractivity contribution in [3.05, 3.63) is 73.9 Å². The Hall–Kier alpha value is -3.04. The van der Waals surface area contributed by atoms with Crippen molar-refractivity contribution in [3.8, 4) is 10.4 Å². The number of nitrogens with zero attached hydrogens (tertiary/aromatic N) is 2. The van der Waals surface area contributed by atoms with Crippen LogP contribution in [0.25, 0.3) is 20.7 Å². The van der Waals surface area contributed by atoms with Crippen molar-refractivity contribution in [2.24, 2.45) is 0 Å². The first-order valence-corrected chi connectivity index (χ1v) is 9.64. The van der Waals surface area contributed by atoms with Gasteiger partial charge in [0.1, 0.15) is 17.3 Å². The molecule has 1 N–H and O–H groups in total. The van der Waals surface area contributed by atoms with E-state index in [1.807, 2.05) is 24.4 Å². The number of nitrogens with one attached hydrogen (secondary N) is 1. The monoisotopic (exact) mass is 399 g/mol. The van der Waals surface area contributed by atoms with Crippen molar-refractivity contribution >= 4 is 38.9 Å². The minimum absolute atomic E-state index is 0.165. The lowest BCUT2D eigenvalue weighted by molar-refractivity contribution is -0.605. The number of aromatic nitrogens is 3. The normalized spacial score (nSPS) is 11.0. The van der Waals surface area contributed by atoms with Gasteiger partial charge in [-0.3, -0.25) is 4.79 Å². The summed E-state index contributed by atoms with van der Waals surface area (Å²) in [6.45, 7) is 1.85. The first-order chi connectivity index (χ1) is 13.0. The van der Waals surface area contributed by atoms with Gasteiger partial charge in [0.15, 0.2) is 12.4 Å². The number of pyridine rings is 1. The molecule has 0 unspecified atom stereocenters. The van der Waals surface area contributed by atoms with E-state index in [1.54, 1.807) is 11.3 Å². The second-order valence-electron chi connectivity index (χ2n) is 5.78. The lowest BCUT2D eigenvalue weighted by atomic mass is 10.2. The number of aromatic amines is 1. The summed E-state index contributed by atoms with van der Waals surface area (Å²) in [5.41, 5.74) is 0.845. The van der Waals surface area contributed by atoms with Gasteiger partial charge in [0, 0.05) is 32.8 Å². The third kappa shape index (κ3) is 3.46. The Morgan fingerprint density at radius 1 is 1.30 bits per heavy atom. The second kappa shape index (κ2) is 6.93. The molecule has 0 fully saturated rings. The third-order valence-corrected chi connectivity index (χ3v) is 5.78. The van der Waals surface area contributed by atoms with Crippen LogP contribution in [0.3, 0.4) is 0 Å². The van der Waals surface area contributed by atoms with Crippen molar-refractivity contribution in [2.75, 3.05) is 0 Å². The zero-order valence-electron chi connectivity index (χ0n) is 14.1. The molecule has 0 aliphatic carbocycles. The summed E-state index contributed by atoms with van der Waals surface area (Å²) in [5, 5.41) is 13.5. The van der Waals surface area contributed by atoms with E-state index in [1.165, 1.54) is 40.7 Å². The van der Waals surface area contributed by atoms with E-state index in [-0.39, 0.29) is 23.6 Å². The van der Waals surface area contributed by atoms with Gasteiger partial charge in [-0.25, -0.2) is 9.78 Å². The zero-order chi connectivity index (χ0) is 19.0. The molecule has 0 aromatic carbocycles. The van der Waals surface area contributed by atoms with Crippen LogP contribution in [0.1, 0.15) is 21.1 Å². The SMILES string of the molecule is Cc1ccc(-c2csc3nc(COC(=O)c4cc[n+]([O-])cc4)[nH]c(=O)c23)s1. The summed E-state index contributed by atoms with van der Waals surface area (Å²) in [7, 11) is 0. The molecule has 7 nitrogen and oxygen atoms in total. The highest BCUT2D eigenvalue weighted by molar-refractivity contribution is 7.19. The van der Waals surface area contributed by atoms with Gasteiger partial charge in [-0.2, -0.15) is 4.73 Å². The van der Waals surface area contributed by atoms with Crippen molar-refractivity contribution in [1.82, 2.24) is 9.97 Å². The van der Waals surface area contributed by atoms with E-state index >= 15 is 0 Å². The van der Waals surface area contributed by atoms with Crippen LogP contribution >= 0.6 is 22.7 Å². The van der Waals surface area contributed by atoms with Gasteiger partial charge in [-0.05, 0) is 19.1 Å². The number of rotatable bonds is 4. The Bertz CT molecular complexity index is 1190. The maximum atomic E-state index is 12.6. The molecule has 0 saturated heterocycles. The smallest absolute Gasteiger partial charge is 0.339 e. The second-order valence-corrected chi connectivity index (χ2v) is 7.92. The van der Waals surface area contributed by atoms with Crippen molar-refractivity contribution in [3.63, 3.8) is 0 Å². The van der Waals surface area contributed by atoms with Crippen molar-refractivity contribution in [1.29, 1.82) is 0 Å². The number of carbonyl (C=O) groups excluding carboxylic acids is 1. The third-order valence-electron chi connectivity index (χ3n) is 3.88.